The van der Waals surface area contributed by atoms with E-state index in [1.54, 1.807) is 6.07 Å². The molecule has 1 saturated heterocycles. The monoisotopic (exact) mass is 250 g/mol. The van der Waals surface area contributed by atoms with Crippen LogP contribution in [-0.2, 0) is 0 Å². The molecule has 1 aliphatic rings. The van der Waals surface area contributed by atoms with Crippen LogP contribution in [0.5, 0.6) is 0 Å². The van der Waals surface area contributed by atoms with Crippen molar-refractivity contribution in [3.05, 3.63) is 28.0 Å². The first-order chi connectivity index (χ1) is 8.72. The molecule has 1 aliphatic heterocycles. The van der Waals surface area contributed by atoms with Crippen LogP contribution in [0.15, 0.2) is 16.5 Å². The van der Waals surface area contributed by atoms with Crippen LogP contribution in [0.2, 0.25) is 0 Å². The number of nitriles is 1. The molecule has 7 nitrogen and oxygen atoms in total. The van der Waals surface area contributed by atoms with Gasteiger partial charge in [-0.05, 0) is 6.07 Å². The van der Waals surface area contributed by atoms with E-state index in [2.05, 4.69) is 16.3 Å². The van der Waals surface area contributed by atoms with E-state index < -0.39 is 4.92 Å². The summed E-state index contributed by atoms with van der Waals surface area (Å²) in [4.78, 5) is 12.1. The van der Waals surface area contributed by atoms with Gasteiger partial charge in [-0.3, -0.25) is 15.0 Å². The van der Waals surface area contributed by atoms with Crippen molar-refractivity contribution in [2.24, 2.45) is 0 Å². The third kappa shape index (κ3) is 2.67. The lowest BCUT2D eigenvalue weighted by Gasteiger charge is -2.32. The van der Waals surface area contributed by atoms with Crippen molar-refractivity contribution in [3.63, 3.8) is 0 Å². The largest absolute Gasteiger partial charge is 0.433 e. The minimum atomic E-state index is -0.565. The molecule has 2 heterocycles. The highest BCUT2D eigenvalue weighted by Gasteiger charge is 2.26. The number of nitrogens with one attached hydrogen (secondary N) is 1. The highest BCUT2D eigenvalue weighted by molar-refractivity contribution is 5.20. The maximum atomic E-state index is 10.6. The number of piperazine rings is 1. The minimum Gasteiger partial charge on any atom is -0.404 e. The van der Waals surface area contributed by atoms with Gasteiger partial charge in [-0.1, -0.05) is 0 Å². The summed E-state index contributed by atoms with van der Waals surface area (Å²) in [5.41, 5.74) is 0. The zero-order valence-electron chi connectivity index (χ0n) is 9.83. The smallest absolute Gasteiger partial charge is 0.404 e. The highest BCUT2D eigenvalue weighted by atomic mass is 16.6. The molecule has 0 unspecified atom stereocenters. The van der Waals surface area contributed by atoms with Crippen molar-refractivity contribution in [1.29, 1.82) is 5.26 Å². The van der Waals surface area contributed by atoms with Crippen LogP contribution < -0.4 is 5.32 Å². The fourth-order valence-corrected chi connectivity index (χ4v) is 2.11. The maximum Gasteiger partial charge on any atom is 0.433 e. The molecule has 1 N–H and O–H groups in total. The first kappa shape index (κ1) is 12.5. The molecule has 1 aromatic heterocycles. The average molecular weight is 250 g/mol. The molecule has 0 spiro atoms. The Morgan fingerprint density at radius 3 is 2.83 bits per heavy atom. The molecule has 96 valence electrons. The molecule has 2 rings (SSSR count). The Labute approximate surface area is 104 Å². The molecule has 0 radical (unpaired) electrons. The molecule has 18 heavy (non-hydrogen) atoms. The molecule has 0 saturated carbocycles. The molecule has 1 aromatic rings. The molecular formula is C11H14N4O3. The summed E-state index contributed by atoms with van der Waals surface area (Å²) >= 11 is 0. The summed E-state index contributed by atoms with van der Waals surface area (Å²) in [7, 11) is 0. The van der Waals surface area contributed by atoms with Gasteiger partial charge >= 0.3 is 5.88 Å². The summed E-state index contributed by atoms with van der Waals surface area (Å²) in [6.07, 6.45) is 0.269. The van der Waals surface area contributed by atoms with Crippen LogP contribution in [0.1, 0.15) is 18.2 Å². The van der Waals surface area contributed by atoms with Crippen LogP contribution in [0.25, 0.3) is 0 Å². The fraction of sp³-hybridized carbons (Fsp3) is 0.545. The Balaban J connectivity index is 2.17. The van der Waals surface area contributed by atoms with E-state index in [9.17, 15) is 10.1 Å². The summed E-state index contributed by atoms with van der Waals surface area (Å²) in [5, 5.41) is 22.7. The number of rotatable bonds is 4. The Bertz CT molecular complexity index is 459. The van der Waals surface area contributed by atoms with Crippen molar-refractivity contribution in [1.82, 2.24) is 10.2 Å². The number of furan rings is 1. The average Bonchev–Trinajstić information content (AvgIpc) is 2.86. The quantitative estimate of drug-likeness (QED) is 0.633. The predicted octanol–water partition coefficient (Wildman–Crippen LogP) is 1.05. The zero-order chi connectivity index (χ0) is 13.0. The van der Waals surface area contributed by atoms with Crippen molar-refractivity contribution in [2.45, 2.75) is 12.5 Å². The summed E-state index contributed by atoms with van der Waals surface area (Å²) in [6.45, 7) is 3.32. The van der Waals surface area contributed by atoms with Crippen LogP contribution in [0.3, 0.4) is 0 Å². The van der Waals surface area contributed by atoms with Gasteiger partial charge in [0.25, 0.3) is 0 Å². The second-order valence-electron chi connectivity index (χ2n) is 4.10. The molecule has 0 bridgehead atoms. The lowest BCUT2D eigenvalue weighted by molar-refractivity contribution is -0.402. The van der Waals surface area contributed by atoms with E-state index in [4.69, 9.17) is 9.68 Å². The van der Waals surface area contributed by atoms with Gasteiger partial charge in [0.05, 0.1) is 24.6 Å². The molecule has 0 amide bonds. The molecule has 0 aromatic carbocycles. The van der Waals surface area contributed by atoms with Crippen molar-refractivity contribution >= 4 is 5.88 Å². The van der Waals surface area contributed by atoms with Crippen LogP contribution in [0.4, 0.5) is 5.88 Å². The van der Waals surface area contributed by atoms with E-state index >= 15 is 0 Å². The molecule has 1 atom stereocenters. The van der Waals surface area contributed by atoms with Gasteiger partial charge in [-0.15, -0.1) is 0 Å². The minimum absolute atomic E-state index is 0.203. The van der Waals surface area contributed by atoms with E-state index in [-0.39, 0.29) is 18.3 Å². The van der Waals surface area contributed by atoms with Gasteiger partial charge in [-0.2, -0.15) is 5.26 Å². The van der Waals surface area contributed by atoms with Gasteiger partial charge < -0.3 is 9.73 Å². The third-order valence-corrected chi connectivity index (χ3v) is 3.00. The topological polar surface area (TPSA) is 95.3 Å². The highest BCUT2D eigenvalue weighted by Crippen LogP contribution is 2.28. The molecular weight excluding hydrogens is 236 g/mol. The maximum absolute atomic E-state index is 10.6. The Morgan fingerprint density at radius 2 is 2.28 bits per heavy atom. The summed E-state index contributed by atoms with van der Waals surface area (Å²) < 4.78 is 5.20. The number of hydrogen-bond acceptors (Lipinski definition) is 6. The lowest BCUT2D eigenvalue weighted by atomic mass is 10.1. The van der Waals surface area contributed by atoms with Gasteiger partial charge in [0, 0.05) is 26.2 Å². The van der Waals surface area contributed by atoms with Crippen molar-refractivity contribution in [2.75, 3.05) is 26.2 Å². The number of hydrogen-bond donors (Lipinski definition) is 1. The molecule has 7 heteroatoms. The second kappa shape index (κ2) is 5.62. The van der Waals surface area contributed by atoms with Crippen molar-refractivity contribution < 1.29 is 9.34 Å². The van der Waals surface area contributed by atoms with E-state index in [1.165, 1.54) is 6.07 Å². The first-order valence-corrected chi connectivity index (χ1v) is 5.78. The van der Waals surface area contributed by atoms with Crippen LogP contribution >= 0.6 is 0 Å². The molecule has 1 fully saturated rings. The van der Waals surface area contributed by atoms with Gasteiger partial charge in [0.2, 0.25) is 0 Å². The summed E-state index contributed by atoms with van der Waals surface area (Å²) in [5.74, 6) is 0.216. The van der Waals surface area contributed by atoms with Gasteiger partial charge in [0.15, 0.2) is 0 Å². The van der Waals surface area contributed by atoms with E-state index in [1.807, 2.05) is 0 Å². The van der Waals surface area contributed by atoms with E-state index in [0.29, 0.717) is 5.76 Å². The lowest BCUT2D eigenvalue weighted by Crippen LogP contribution is -2.45. The Morgan fingerprint density at radius 1 is 1.56 bits per heavy atom. The molecule has 0 aliphatic carbocycles. The number of nitrogens with zero attached hydrogens (tertiary/aromatic N) is 3. The fourth-order valence-electron chi connectivity index (χ4n) is 2.11. The SMILES string of the molecule is N#CC[C@@H](c1ccc([N+](=O)[O-])o1)N1CCNCC1. The normalized spacial score (nSPS) is 18.2. The third-order valence-electron chi connectivity index (χ3n) is 3.00. The predicted molar refractivity (Wildman–Crippen MR) is 62.8 cm³/mol. The second-order valence-corrected chi connectivity index (χ2v) is 4.10. The van der Waals surface area contributed by atoms with Gasteiger partial charge in [0.1, 0.15) is 10.7 Å². The Hall–Kier alpha value is -1.91. The summed E-state index contributed by atoms with van der Waals surface area (Å²) in [6, 6.07) is 4.83. The van der Waals surface area contributed by atoms with Crippen molar-refractivity contribution in [3.8, 4) is 6.07 Å². The number of nitro groups is 1. The van der Waals surface area contributed by atoms with Crippen LogP contribution in [0, 0.1) is 21.4 Å². The first-order valence-electron chi connectivity index (χ1n) is 5.78. The van der Waals surface area contributed by atoms with E-state index in [0.717, 1.165) is 26.2 Å². The zero-order valence-corrected chi connectivity index (χ0v) is 9.83. The Kier molecular flexibility index (Phi) is 3.92. The van der Waals surface area contributed by atoms with Gasteiger partial charge in [-0.25, -0.2) is 0 Å². The van der Waals surface area contributed by atoms with Crippen LogP contribution in [-0.4, -0.2) is 36.0 Å². The standard InChI is InChI=1S/C11H14N4O3/c12-4-3-9(14-7-5-13-6-8-14)10-1-2-11(18-10)15(16)17/h1-2,9,13H,3,5-8H2/t9-/m0/s1.